The zero-order chi connectivity index (χ0) is 25.9. The summed E-state index contributed by atoms with van der Waals surface area (Å²) in [5.74, 6) is 0. The lowest BCUT2D eigenvalue weighted by molar-refractivity contribution is 0.475. The number of nitrogens with one attached hydrogen (secondary N) is 1. The number of rotatable bonds is 10. The third-order valence-corrected chi connectivity index (χ3v) is 5.43. The summed E-state index contributed by atoms with van der Waals surface area (Å²) >= 11 is 0. The van der Waals surface area contributed by atoms with Crippen molar-refractivity contribution in [2.45, 2.75) is 6.92 Å². The third-order valence-electron chi connectivity index (χ3n) is 5.43. The van der Waals surface area contributed by atoms with Crippen LogP contribution in [0.25, 0.3) is 22.5 Å². The Morgan fingerprint density at radius 3 is 2.53 bits per heavy atom. The SMILES string of the molecule is C=C(/C=C\C=C/N)CNC(=C)c1c(/N=C(\C)c2cncc(/C(N)=C/O)c2)cccc1-c1ccccc1. The van der Waals surface area contributed by atoms with Crippen LogP contribution in [0.2, 0.25) is 0 Å². The minimum absolute atomic E-state index is 0.234. The highest BCUT2D eigenvalue weighted by atomic mass is 16.2. The molecule has 0 bridgehead atoms. The molecule has 0 radical (unpaired) electrons. The van der Waals surface area contributed by atoms with E-state index in [0.29, 0.717) is 12.1 Å². The Hall–Kier alpha value is -4.84. The molecule has 6 N–H and O–H groups in total. The van der Waals surface area contributed by atoms with Crippen LogP contribution in [0.3, 0.4) is 0 Å². The van der Waals surface area contributed by atoms with Crippen molar-refractivity contribution >= 4 is 22.8 Å². The first-order valence-electron chi connectivity index (χ1n) is 11.4. The lowest BCUT2D eigenvalue weighted by atomic mass is 9.96. The van der Waals surface area contributed by atoms with Gasteiger partial charge in [-0.3, -0.25) is 9.98 Å². The van der Waals surface area contributed by atoms with Gasteiger partial charge in [0.25, 0.3) is 0 Å². The lowest BCUT2D eigenvalue weighted by Crippen LogP contribution is -2.14. The van der Waals surface area contributed by atoms with Crippen molar-refractivity contribution in [1.82, 2.24) is 10.3 Å². The maximum Gasteiger partial charge on any atom is 0.103 e. The predicted octanol–water partition coefficient (Wildman–Crippen LogP) is 5.85. The molecule has 3 rings (SSSR count). The first kappa shape index (κ1) is 25.8. The molecular weight excluding hydrogens is 446 g/mol. The van der Waals surface area contributed by atoms with Crippen LogP contribution in [-0.4, -0.2) is 22.3 Å². The average molecular weight is 478 g/mol. The Labute approximate surface area is 212 Å². The number of pyridine rings is 1. The standard InChI is InChI=1S/C30H31N5O/c1-21(10-7-8-15-31)17-34-23(3)30-27(24-11-5-4-6-12-24)13-9-14-29(30)35-22(2)25-16-26(19-33-18-25)28(32)20-36/h4-16,18-20,34,36H,1,3,17,31-32H2,2H3/b10-7-,15-8-,28-20-,35-22+. The number of nitrogens with two attached hydrogens (primary N) is 2. The third kappa shape index (κ3) is 6.61. The number of aliphatic imine (C=N–C) groups is 1. The highest BCUT2D eigenvalue weighted by Gasteiger charge is 2.14. The molecule has 1 heterocycles. The number of benzene rings is 2. The van der Waals surface area contributed by atoms with Gasteiger partial charge in [0, 0.05) is 47.0 Å². The summed E-state index contributed by atoms with van der Waals surface area (Å²) in [6.07, 6.45) is 11.1. The zero-order valence-corrected chi connectivity index (χ0v) is 20.4. The maximum absolute atomic E-state index is 9.26. The van der Waals surface area contributed by atoms with Crippen LogP contribution >= 0.6 is 0 Å². The molecule has 6 heteroatoms. The smallest absolute Gasteiger partial charge is 0.103 e. The van der Waals surface area contributed by atoms with E-state index in [1.165, 1.54) is 6.20 Å². The van der Waals surface area contributed by atoms with Crippen molar-refractivity contribution in [3.05, 3.63) is 133 Å². The van der Waals surface area contributed by atoms with E-state index < -0.39 is 0 Å². The molecule has 36 heavy (non-hydrogen) atoms. The summed E-state index contributed by atoms with van der Waals surface area (Å²) in [6.45, 7) is 10.8. The van der Waals surface area contributed by atoms with Gasteiger partial charge in [0.1, 0.15) is 6.26 Å². The average Bonchev–Trinajstić information content (AvgIpc) is 2.91. The molecule has 0 amide bonds. The summed E-state index contributed by atoms with van der Waals surface area (Å²) in [5.41, 5.74) is 18.9. The van der Waals surface area contributed by atoms with E-state index >= 15 is 0 Å². The number of aliphatic hydroxyl groups excluding tert-OH is 1. The Morgan fingerprint density at radius 2 is 1.81 bits per heavy atom. The molecule has 0 saturated carbocycles. The second-order valence-electron chi connectivity index (χ2n) is 8.04. The van der Waals surface area contributed by atoms with E-state index in [1.54, 1.807) is 18.5 Å². The largest absolute Gasteiger partial charge is 0.513 e. The van der Waals surface area contributed by atoms with Gasteiger partial charge >= 0.3 is 0 Å². The topological polar surface area (TPSA) is 110 Å². The summed E-state index contributed by atoms with van der Waals surface area (Å²) < 4.78 is 0. The molecule has 1 aromatic heterocycles. The second-order valence-corrected chi connectivity index (χ2v) is 8.04. The van der Waals surface area contributed by atoms with Gasteiger partial charge in [-0.2, -0.15) is 0 Å². The molecule has 0 fully saturated rings. The molecule has 0 unspecified atom stereocenters. The van der Waals surface area contributed by atoms with Crippen molar-refractivity contribution in [3.8, 4) is 11.1 Å². The van der Waals surface area contributed by atoms with Crippen LogP contribution in [0.5, 0.6) is 0 Å². The Bertz CT molecular complexity index is 1350. The summed E-state index contributed by atoms with van der Waals surface area (Å²) in [4.78, 5) is 9.19. The van der Waals surface area contributed by atoms with Gasteiger partial charge in [-0.1, -0.05) is 67.8 Å². The van der Waals surface area contributed by atoms with Crippen molar-refractivity contribution in [2.24, 2.45) is 16.5 Å². The van der Waals surface area contributed by atoms with E-state index in [1.807, 2.05) is 55.5 Å². The normalized spacial score (nSPS) is 12.2. The molecule has 6 nitrogen and oxygen atoms in total. The number of allylic oxidation sites excluding steroid dienone is 2. The molecule has 0 aliphatic rings. The molecule has 0 aliphatic heterocycles. The summed E-state index contributed by atoms with van der Waals surface area (Å²) in [5, 5.41) is 12.6. The van der Waals surface area contributed by atoms with E-state index in [4.69, 9.17) is 16.5 Å². The van der Waals surface area contributed by atoms with Crippen molar-refractivity contribution in [1.29, 1.82) is 0 Å². The molecule has 3 aromatic rings. The van der Waals surface area contributed by atoms with Gasteiger partial charge in [0.2, 0.25) is 0 Å². The van der Waals surface area contributed by atoms with Gasteiger partial charge < -0.3 is 21.9 Å². The first-order valence-corrected chi connectivity index (χ1v) is 11.4. The molecule has 0 spiro atoms. The Balaban J connectivity index is 2.03. The molecule has 182 valence electrons. The van der Waals surface area contributed by atoms with E-state index in [9.17, 15) is 5.11 Å². The molecular formula is C30H31N5O. The summed E-state index contributed by atoms with van der Waals surface area (Å²) in [7, 11) is 0. The van der Waals surface area contributed by atoms with Crippen LogP contribution in [0.4, 0.5) is 5.69 Å². The van der Waals surface area contributed by atoms with Crippen LogP contribution in [0.15, 0.2) is 121 Å². The number of aromatic nitrogens is 1. The predicted molar refractivity (Wildman–Crippen MR) is 151 cm³/mol. The first-order chi connectivity index (χ1) is 17.4. The van der Waals surface area contributed by atoms with Crippen molar-refractivity contribution in [2.75, 3.05) is 6.54 Å². The highest BCUT2D eigenvalue weighted by molar-refractivity contribution is 6.01. The van der Waals surface area contributed by atoms with Crippen LogP contribution in [-0.2, 0) is 0 Å². The van der Waals surface area contributed by atoms with E-state index in [2.05, 4.69) is 41.7 Å². The zero-order valence-electron chi connectivity index (χ0n) is 20.4. The molecule has 2 aromatic carbocycles. The minimum Gasteiger partial charge on any atom is -0.513 e. The monoisotopic (exact) mass is 477 g/mol. The molecule has 0 atom stereocenters. The molecule has 0 aliphatic carbocycles. The van der Waals surface area contributed by atoms with E-state index in [0.717, 1.165) is 51.2 Å². The second kappa shape index (κ2) is 12.6. The fourth-order valence-corrected chi connectivity index (χ4v) is 3.55. The van der Waals surface area contributed by atoms with Gasteiger partial charge in [0.05, 0.1) is 11.4 Å². The van der Waals surface area contributed by atoms with Gasteiger partial charge in [-0.15, -0.1) is 0 Å². The summed E-state index contributed by atoms with van der Waals surface area (Å²) in [6, 6.07) is 18.0. The van der Waals surface area contributed by atoms with Crippen LogP contribution in [0, 0.1) is 0 Å². The number of hydrogen-bond acceptors (Lipinski definition) is 6. The van der Waals surface area contributed by atoms with Crippen LogP contribution in [0.1, 0.15) is 23.6 Å². The van der Waals surface area contributed by atoms with E-state index in [-0.39, 0.29) is 5.70 Å². The van der Waals surface area contributed by atoms with Crippen LogP contribution < -0.4 is 16.8 Å². The fraction of sp³-hybridized carbons (Fsp3) is 0.0667. The quantitative estimate of drug-likeness (QED) is 0.166. The maximum atomic E-state index is 9.26. The van der Waals surface area contributed by atoms with Gasteiger partial charge in [-0.05, 0) is 48.0 Å². The Morgan fingerprint density at radius 1 is 1.06 bits per heavy atom. The van der Waals surface area contributed by atoms with Crippen molar-refractivity contribution in [3.63, 3.8) is 0 Å². The number of aliphatic hydroxyl groups is 1. The van der Waals surface area contributed by atoms with Gasteiger partial charge in [-0.25, -0.2) is 0 Å². The lowest BCUT2D eigenvalue weighted by Gasteiger charge is -2.17. The number of hydrogen-bond donors (Lipinski definition) is 4. The minimum atomic E-state index is 0.234. The van der Waals surface area contributed by atoms with Gasteiger partial charge in [0.15, 0.2) is 0 Å². The Kier molecular flexibility index (Phi) is 9.00. The highest BCUT2D eigenvalue weighted by Crippen LogP contribution is 2.35. The fourth-order valence-electron chi connectivity index (χ4n) is 3.55. The van der Waals surface area contributed by atoms with Crippen molar-refractivity contribution < 1.29 is 5.11 Å². The molecule has 0 saturated heterocycles. The number of nitrogens with zero attached hydrogens (tertiary/aromatic N) is 2.